The van der Waals surface area contributed by atoms with E-state index in [0.29, 0.717) is 29.7 Å². The maximum atomic E-state index is 11.3. The third kappa shape index (κ3) is 4.90. The first-order valence-corrected chi connectivity index (χ1v) is 9.43. The Kier molecular flexibility index (Phi) is 5.72. The van der Waals surface area contributed by atoms with Crippen LogP contribution in [-0.4, -0.2) is 27.9 Å². The van der Waals surface area contributed by atoms with Gasteiger partial charge >= 0.3 is 0 Å². The zero-order chi connectivity index (χ0) is 16.2. The van der Waals surface area contributed by atoms with Crippen LogP contribution in [0.4, 0.5) is 0 Å². The number of halogens is 2. The Hall–Kier alpha value is -1.24. The fourth-order valence-corrected chi connectivity index (χ4v) is 3.11. The fourth-order valence-electron chi connectivity index (χ4n) is 1.69. The molecule has 0 spiro atoms. The maximum Gasteiger partial charge on any atom is 0.175 e. The van der Waals surface area contributed by atoms with E-state index in [4.69, 9.17) is 21.1 Å². The van der Waals surface area contributed by atoms with Crippen LogP contribution < -0.4 is 9.47 Å². The molecule has 0 N–H and O–H groups in total. The van der Waals surface area contributed by atoms with E-state index >= 15 is 0 Å². The van der Waals surface area contributed by atoms with Gasteiger partial charge in [-0.2, -0.15) is 0 Å². The first-order chi connectivity index (χ1) is 10.4. The lowest BCUT2D eigenvalue weighted by Gasteiger charge is -2.10. The van der Waals surface area contributed by atoms with Crippen LogP contribution in [0.15, 0.2) is 51.8 Å². The van der Waals surface area contributed by atoms with Gasteiger partial charge in [0.2, 0.25) is 0 Å². The average molecular weight is 406 g/mol. The highest BCUT2D eigenvalue weighted by atomic mass is 79.9. The highest BCUT2D eigenvalue weighted by Crippen LogP contribution is 2.27. The van der Waals surface area contributed by atoms with Gasteiger partial charge in [0.05, 0.1) is 9.37 Å². The number of benzene rings is 2. The lowest BCUT2D eigenvalue weighted by Crippen LogP contribution is -2.09. The molecular formula is C15H14BrClO4S. The average Bonchev–Trinajstić information content (AvgIpc) is 2.45. The molecule has 0 aliphatic rings. The van der Waals surface area contributed by atoms with E-state index in [9.17, 15) is 8.42 Å². The third-order valence-electron chi connectivity index (χ3n) is 2.76. The second kappa shape index (κ2) is 7.35. The van der Waals surface area contributed by atoms with Crippen molar-refractivity contribution in [1.29, 1.82) is 0 Å². The molecule has 0 aliphatic carbocycles. The van der Waals surface area contributed by atoms with Crippen LogP contribution in [0.2, 0.25) is 5.02 Å². The zero-order valence-electron chi connectivity index (χ0n) is 11.8. The van der Waals surface area contributed by atoms with Crippen molar-refractivity contribution in [2.75, 3.05) is 19.5 Å². The summed E-state index contributed by atoms with van der Waals surface area (Å²) in [7, 11) is -3.19. The zero-order valence-corrected chi connectivity index (χ0v) is 14.9. The van der Waals surface area contributed by atoms with Crippen LogP contribution >= 0.6 is 27.5 Å². The van der Waals surface area contributed by atoms with Gasteiger partial charge < -0.3 is 9.47 Å². The van der Waals surface area contributed by atoms with Crippen molar-refractivity contribution in [3.05, 3.63) is 52.0 Å². The molecule has 0 amide bonds. The lowest BCUT2D eigenvalue weighted by atomic mass is 10.3. The van der Waals surface area contributed by atoms with Gasteiger partial charge in [-0.25, -0.2) is 8.42 Å². The van der Waals surface area contributed by atoms with E-state index in [1.165, 1.54) is 18.4 Å². The molecule has 7 heteroatoms. The summed E-state index contributed by atoms with van der Waals surface area (Å²) in [6.45, 7) is 0.696. The summed E-state index contributed by atoms with van der Waals surface area (Å²) in [6.07, 6.45) is 1.17. The van der Waals surface area contributed by atoms with E-state index in [0.717, 1.165) is 4.47 Å². The van der Waals surface area contributed by atoms with Crippen LogP contribution in [-0.2, 0) is 9.84 Å². The summed E-state index contributed by atoms with van der Waals surface area (Å²) < 4.78 is 34.5. The Labute approximate surface area is 143 Å². The Balaban J connectivity index is 1.84. The fraction of sp³-hybridized carbons (Fsp3) is 0.200. The van der Waals surface area contributed by atoms with E-state index in [1.54, 1.807) is 30.3 Å². The minimum absolute atomic E-state index is 0.265. The predicted octanol–water partition coefficient (Wildman–Crippen LogP) is 3.96. The first-order valence-electron chi connectivity index (χ1n) is 6.37. The number of rotatable bonds is 6. The molecule has 0 aliphatic heterocycles. The van der Waals surface area contributed by atoms with Gasteiger partial charge in [0, 0.05) is 11.3 Å². The molecule has 0 heterocycles. The molecule has 0 unspecified atom stereocenters. The monoisotopic (exact) mass is 404 g/mol. The summed E-state index contributed by atoms with van der Waals surface area (Å²) >= 11 is 9.21. The van der Waals surface area contributed by atoms with Crippen LogP contribution in [0.1, 0.15) is 0 Å². The molecule has 0 aromatic heterocycles. The Morgan fingerprint density at radius 1 is 1.05 bits per heavy atom. The van der Waals surface area contributed by atoms with Crippen LogP contribution in [0, 0.1) is 0 Å². The summed E-state index contributed by atoms with van der Waals surface area (Å²) in [5, 5.41) is 0.626. The minimum atomic E-state index is -3.19. The lowest BCUT2D eigenvalue weighted by molar-refractivity contribution is 0.216. The molecule has 0 atom stereocenters. The van der Waals surface area contributed by atoms with Crippen molar-refractivity contribution in [3.8, 4) is 11.5 Å². The molecule has 2 rings (SSSR count). The molecule has 0 saturated carbocycles. The van der Waals surface area contributed by atoms with Crippen molar-refractivity contribution < 1.29 is 17.9 Å². The molecule has 4 nitrogen and oxygen atoms in total. The van der Waals surface area contributed by atoms with Crippen LogP contribution in [0.3, 0.4) is 0 Å². The van der Waals surface area contributed by atoms with Gasteiger partial charge in [0.1, 0.15) is 24.7 Å². The predicted molar refractivity (Wildman–Crippen MR) is 89.7 cm³/mol. The number of hydrogen-bond acceptors (Lipinski definition) is 4. The van der Waals surface area contributed by atoms with Crippen LogP contribution in [0.25, 0.3) is 0 Å². The first kappa shape index (κ1) is 17.1. The third-order valence-corrected chi connectivity index (χ3v) is 4.74. The van der Waals surface area contributed by atoms with Gasteiger partial charge in [-0.3, -0.25) is 0 Å². The normalized spacial score (nSPS) is 11.2. The summed E-state index contributed by atoms with van der Waals surface area (Å²) in [5.74, 6) is 1.27. The van der Waals surface area contributed by atoms with Gasteiger partial charge in [-0.15, -0.1) is 0 Å². The SMILES string of the molecule is CS(=O)(=O)c1ccc(OCCOc2ccc(Cl)cc2Br)cc1. The molecule has 22 heavy (non-hydrogen) atoms. The van der Waals surface area contributed by atoms with Gasteiger partial charge in [-0.05, 0) is 58.4 Å². The van der Waals surface area contributed by atoms with E-state index < -0.39 is 9.84 Å². The summed E-state index contributed by atoms with van der Waals surface area (Å²) in [5.41, 5.74) is 0. The highest BCUT2D eigenvalue weighted by Gasteiger charge is 2.06. The van der Waals surface area contributed by atoms with E-state index in [1.807, 2.05) is 0 Å². The highest BCUT2D eigenvalue weighted by molar-refractivity contribution is 9.10. The second-order valence-corrected chi connectivity index (χ2v) is 7.82. The minimum Gasteiger partial charge on any atom is -0.490 e. The summed E-state index contributed by atoms with van der Waals surface area (Å²) in [6, 6.07) is 11.5. The smallest absolute Gasteiger partial charge is 0.175 e. The standard InChI is InChI=1S/C15H14BrClO4S/c1-22(18,19)13-5-3-12(4-6-13)20-8-9-21-15-7-2-11(17)10-14(15)16/h2-7,10H,8-9H2,1H3. The van der Waals surface area contributed by atoms with E-state index in [-0.39, 0.29) is 4.90 Å². The van der Waals surface area contributed by atoms with Gasteiger partial charge in [0.25, 0.3) is 0 Å². The number of ether oxygens (including phenoxy) is 2. The van der Waals surface area contributed by atoms with Crippen LogP contribution in [0.5, 0.6) is 11.5 Å². The van der Waals surface area contributed by atoms with Crippen molar-refractivity contribution in [1.82, 2.24) is 0 Å². The van der Waals surface area contributed by atoms with Crippen molar-refractivity contribution in [2.24, 2.45) is 0 Å². The molecular weight excluding hydrogens is 392 g/mol. The molecule has 0 radical (unpaired) electrons. The quantitative estimate of drug-likeness (QED) is 0.683. The Morgan fingerprint density at radius 3 is 2.27 bits per heavy atom. The topological polar surface area (TPSA) is 52.6 Å². The molecule has 2 aromatic rings. The molecule has 2 aromatic carbocycles. The Bertz CT molecular complexity index is 745. The number of sulfone groups is 1. The number of hydrogen-bond donors (Lipinski definition) is 0. The second-order valence-electron chi connectivity index (χ2n) is 4.52. The van der Waals surface area contributed by atoms with Gasteiger partial charge in [-0.1, -0.05) is 11.6 Å². The molecule has 0 bridgehead atoms. The molecule has 118 valence electrons. The summed E-state index contributed by atoms with van der Waals surface area (Å²) in [4.78, 5) is 0.265. The van der Waals surface area contributed by atoms with Crippen molar-refractivity contribution >= 4 is 37.4 Å². The largest absolute Gasteiger partial charge is 0.490 e. The van der Waals surface area contributed by atoms with E-state index in [2.05, 4.69) is 15.9 Å². The molecule has 0 saturated heterocycles. The molecule has 0 fully saturated rings. The Morgan fingerprint density at radius 2 is 1.68 bits per heavy atom. The van der Waals surface area contributed by atoms with Crippen molar-refractivity contribution in [2.45, 2.75) is 4.90 Å². The van der Waals surface area contributed by atoms with Crippen molar-refractivity contribution in [3.63, 3.8) is 0 Å². The van der Waals surface area contributed by atoms with Gasteiger partial charge in [0.15, 0.2) is 9.84 Å². The maximum absolute atomic E-state index is 11.3.